The van der Waals surface area contributed by atoms with Gasteiger partial charge in [0, 0.05) is 32.7 Å². The minimum Gasteiger partial charge on any atom is -0.369 e. The van der Waals surface area contributed by atoms with Crippen LogP contribution in [0.25, 0.3) is 0 Å². The summed E-state index contributed by atoms with van der Waals surface area (Å²) >= 11 is 0. The van der Waals surface area contributed by atoms with Crippen molar-refractivity contribution in [3.8, 4) is 0 Å². The smallest absolute Gasteiger partial charge is 0.219 e. The second kappa shape index (κ2) is 5.64. The molecule has 104 valence electrons. The predicted molar refractivity (Wildman–Crippen MR) is 79.6 cm³/mol. The van der Waals surface area contributed by atoms with Gasteiger partial charge in [-0.15, -0.1) is 0 Å². The van der Waals surface area contributed by atoms with Crippen molar-refractivity contribution in [3.63, 3.8) is 0 Å². The van der Waals surface area contributed by atoms with Gasteiger partial charge in [-0.2, -0.15) is 0 Å². The summed E-state index contributed by atoms with van der Waals surface area (Å²) in [5, 5.41) is 0. The Morgan fingerprint density at radius 1 is 1.42 bits per heavy atom. The standard InChI is InChI=1S/C16H24N2O/c1-12(2)14-6-5-7-15(10-14)18-9-8-16(11-18)17(4)13(3)19/h5-7,10,12,16H,8-9,11H2,1-4H3. The van der Waals surface area contributed by atoms with Gasteiger partial charge in [0.2, 0.25) is 5.91 Å². The van der Waals surface area contributed by atoms with Gasteiger partial charge in [0.05, 0.1) is 6.04 Å². The van der Waals surface area contributed by atoms with E-state index in [1.54, 1.807) is 6.92 Å². The first kappa shape index (κ1) is 13.9. The fourth-order valence-corrected chi connectivity index (χ4v) is 2.63. The van der Waals surface area contributed by atoms with Gasteiger partial charge in [0.25, 0.3) is 0 Å². The number of carbonyl (C=O) groups is 1. The largest absolute Gasteiger partial charge is 0.369 e. The summed E-state index contributed by atoms with van der Waals surface area (Å²) in [7, 11) is 1.90. The van der Waals surface area contributed by atoms with Gasteiger partial charge in [0.1, 0.15) is 0 Å². The van der Waals surface area contributed by atoms with Gasteiger partial charge in [-0.05, 0) is 30.0 Å². The summed E-state index contributed by atoms with van der Waals surface area (Å²) in [6, 6.07) is 9.11. The summed E-state index contributed by atoms with van der Waals surface area (Å²) in [5.74, 6) is 0.709. The van der Waals surface area contributed by atoms with Gasteiger partial charge >= 0.3 is 0 Å². The number of anilines is 1. The lowest BCUT2D eigenvalue weighted by Crippen LogP contribution is -2.37. The summed E-state index contributed by atoms with van der Waals surface area (Å²) in [5.41, 5.74) is 2.66. The zero-order chi connectivity index (χ0) is 14.0. The molecule has 0 N–H and O–H groups in total. The number of benzene rings is 1. The first-order valence-corrected chi connectivity index (χ1v) is 7.07. The van der Waals surface area contributed by atoms with E-state index in [2.05, 4.69) is 43.0 Å². The molecule has 1 saturated heterocycles. The van der Waals surface area contributed by atoms with E-state index in [1.165, 1.54) is 11.3 Å². The molecule has 0 radical (unpaired) electrons. The molecular formula is C16H24N2O. The van der Waals surface area contributed by atoms with Gasteiger partial charge in [-0.3, -0.25) is 4.79 Å². The normalized spacial score (nSPS) is 19.0. The highest BCUT2D eigenvalue weighted by Crippen LogP contribution is 2.26. The number of hydrogen-bond donors (Lipinski definition) is 0. The molecule has 1 unspecified atom stereocenters. The average molecular weight is 260 g/mol. The second-order valence-electron chi connectivity index (χ2n) is 5.77. The van der Waals surface area contributed by atoms with Crippen molar-refractivity contribution in [1.29, 1.82) is 0 Å². The Hall–Kier alpha value is -1.51. The van der Waals surface area contributed by atoms with Crippen molar-refractivity contribution in [2.45, 2.75) is 39.2 Å². The zero-order valence-corrected chi connectivity index (χ0v) is 12.4. The van der Waals surface area contributed by atoms with E-state index >= 15 is 0 Å². The topological polar surface area (TPSA) is 23.6 Å². The maximum Gasteiger partial charge on any atom is 0.219 e. The third-order valence-corrected chi connectivity index (χ3v) is 4.11. The van der Waals surface area contributed by atoms with Crippen LogP contribution in [-0.4, -0.2) is 37.0 Å². The molecule has 1 aromatic carbocycles. The predicted octanol–water partition coefficient (Wildman–Crippen LogP) is 2.87. The molecular weight excluding hydrogens is 236 g/mol. The van der Waals surface area contributed by atoms with Crippen molar-refractivity contribution in [1.82, 2.24) is 4.90 Å². The second-order valence-corrected chi connectivity index (χ2v) is 5.77. The Bertz CT molecular complexity index is 456. The lowest BCUT2D eigenvalue weighted by Gasteiger charge is -2.24. The van der Waals surface area contributed by atoms with Crippen LogP contribution >= 0.6 is 0 Å². The number of rotatable bonds is 3. The van der Waals surface area contributed by atoms with E-state index in [0.717, 1.165) is 19.5 Å². The van der Waals surface area contributed by atoms with Crippen molar-refractivity contribution in [3.05, 3.63) is 29.8 Å². The SMILES string of the molecule is CC(=O)N(C)C1CCN(c2cccc(C(C)C)c2)C1. The lowest BCUT2D eigenvalue weighted by atomic mass is 10.0. The fraction of sp³-hybridized carbons (Fsp3) is 0.562. The molecule has 0 spiro atoms. The van der Waals surface area contributed by atoms with Crippen molar-refractivity contribution in [2.24, 2.45) is 0 Å². The third-order valence-electron chi connectivity index (χ3n) is 4.11. The van der Waals surface area contributed by atoms with Crippen LogP contribution in [0.2, 0.25) is 0 Å². The summed E-state index contributed by atoms with van der Waals surface area (Å²) in [4.78, 5) is 15.7. The van der Waals surface area contributed by atoms with Crippen LogP contribution in [0, 0.1) is 0 Å². The summed E-state index contributed by atoms with van der Waals surface area (Å²) in [6.07, 6.45) is 1.06. The molecule has 0 bridgehead atoms. The maximum atomic E-state index is 11.4. The van der Waals surface area contributed by atoms with Crippen molar-refractivity contribution >= 4 is 11.6 Å². The van der Waals surface area contributed by atoms with Gasteiger partial charge in [0.15, 0.2) is 0 Å². The average Bonchev–Trinajstić information content (AvgIpc) is 2.87. The minimum absolute atomic E-state index is 0.155. The Morgan fingerprint density at radius 3 is 2.79 bits per heavy atom. The molecule has 2 rings (SSSR count). The lowest BCUT2D eigenvalue weighted by molar-refractivity contribution is -0.129. The summed E-state index contributed by atoms with van der Waals surface area (Å²) in [6.45, 7) is 8.05. The number of amides is 1. The third kappa shape index (κ3) is 3.09. The molecule has 0 aromatic heterocycles. The van der Waals surface area contributed by atoms with E-state index in [-0.39, 0.29) is 5.91 Å². The van der Waals surface area contributed by atoms with Crippen LogP contribution in [0.5, 0.6) is 0 Å². The molecule has 3 heteroatoms. The van der Waals surface area contributed by atoms with Crippen LogP contribution in [-0.2, 0) is 4.79 Å². The monoisotopic (exact) mass is 260 g/mol. The highest BCUT2D eigenvalue weighted by Gasteiger charge is 2.27. The van der Waals surface area contributed by atoms with E-state index < -0.39 is 0 Å². The number of hydrogen-bond acceptors (Lipinski definition) is 2. The number of nitrogens with zero attached hydrogens (tertiary/aromatic N) is 2. The first-order chi connectivity index (χ1) is 8.99. The molecule has 1 heterocycles. The molecule has 0 saturated carbocycles. The number of likely N-dealkylation sites (N-methyl/N-ethyl adjacent to an activating group) is 1. The van der Waals surface area contributed by atoms with Gasteiger partial charge in [-0.25, -0.2) is 0 Å². The van der Waals surface area contributed by atoms with E-state index in [0.29, 0.717) is 12.0 Å². The molecule has 1 atom stereocenters. The Morgan fingerprint density at radius 2 is 2.16 bits per heavy atom. The van der Waals surface area contributed by atoms with Crippen LogP contribution in [0.15, 0.2) is 24.3 Å². The highest BCUT2D eigenvalue weighted by atomic mass is 16.2. The Kier molecular flexibility index (Phi) is 4.13. The molecule has 1 aliphatic heterocycles. The van der Waals surface area contributed by atoms with Crippen molar-refractivity contribution in [2.75, 3.05) is 25.0 Å². The summed E-state index contributed by atoms with van der Waals surface area (Å²) < 4.78 is 0. The van der Waals surface area contributed by atoms with Gasteiger partial charge in [-0.1, -0.05) is 26.0 Å². The van der Waals surface area contributed by atoms with Crippen LogP contribution < -0.4 is 4.90 Å². The molecule has 1 aliphatic rings. The van der Waals surface area contributed by atoms with Crippen LogP contribution in [0.3, 0.4) is 0 Å². The van der Waals surface area contributed by atoms with Gasteiger partial charge < -0.3 is 9.80 Å². The first-order valence-electron chi connectivity index (χ1n) is 7.07. The maximum absolute atomic E-state index is 11.4. The number of carbonyl (C=O) groups excluding carboxylic acids is 1. The molecule has 1 fully saturated rings. The molecule has 1 aromatic rings. The van der Waals surface area contributed by atoms with Crippen LogP contribution in [0.1, 0.15) is 38.7 Å². The quantitative estimate of drug-likeness (QED) is 0.834. The van der Waals surface area contributed by atoms with Crippen molar-refractivity contribution < 1.29 is 4.79 Å². The molecule has 19 heavy (non-hydrogen) atoms. The molecule has 0 aliphatic carbocycles. The molecule has 3 nitrogen and oxygen atoms in total. The van der Waals surface area contributed by atoms with E-state index in [4.69, 9.17) is 0 Å². The zero-order valence-electron chi connectivity index (χ0n) is 12.4. The van der Waals surface area contributed by atoms with Crippen LogP contribution in [0.4, 0.5) is 5.69 Å². The molecule has 1 amide bonds. The minimum atomic E-state index is 0.155. The Balaban J connectivity index is 2.08. The Labute approximate surface area is 116 Å². The highest BCUT2D eigenvalue weighted by molar-refractivity contribution is 5.73. The van der Waals surface area contributed by atoms with E-state index in [1.807, 2.05) is 11.9 Å². The van der Waals surface area contributed by atoms with E-state index in [9.17, 15) is 4.79 Å². The fourth-order valence-electron chi connectivity index (χ4n) is 2.63.